The predicted octanol–water partition coefficient (Wildman–Crippen LogP) is 1.04. The smallest absolute Gasteiger partial charge is 0.326 e. The van der Waals surface area contributed by atoms with E-state index in [2.05, 4.69) is 12.2 Å². The van der Waals surface area contributed by atoms with Crippen LogP contribution >= 0.6 is 0 Å². The third-order valence-corrected chi connectivity index (χ3v) is 4.41. The number of likely N-dealkylation sites (tertiary alicyclic amines) is 1. The maximum Gasteiger partial charge on any atom is 0.326 e. The topological polar surface area (TPSA) is 89.9 Å². The standard InChI is InChI=1S/C14H24N2O4/c1-9-3-2-4-10(5-9)7-15-14(20)16-8-11(17)6-12(16)13(18)19/h9-12,17H,2-8H2,1H3,(H,15,20)(H,18,19)/t9?,10?,11-,12-/m0/s1. The molecule has 0 spiro atoms. The number of carboxylic acids is 1. The Hall–Kier alpha value is -1.30. The number of rotatable bonds is 3. The van der Waals surface area contributed by atoms with Crippen LogP contribution in [0.2, 0.25) is 0 Å². The molecule has 0 bridgehead atoms. The molecule has 1 aliphatic heterocycles. The maximum absolute atomic E-state index is 12.1. The molecule has 0 aromatic heterocycles. The lowest BCUT2D eigenvalue weighted by Crippen LogP contribution is -2.47. The molecule has 20 heavy (non-hydrogen) atoms. The fourth-order valence-corrected chi connectivity index (χ4v) is 3.35. The number of nitrogens with zero attached hydrogens (tertiary/aromatic N) is 1. The first-order chi connectivity index (χ1) is 9.47. The van der Waals surface area contributed by atoms with Crippen molar-refractivity contribution in [2.75, 3.05) is 13.1 Å². The van der Waals surface area contributed by atoms with Crippen LogP contribution in [-0.2, 0) is 4.79 Å². The van der Waals surface area contributed by atoms with Gasteiger partial charge in [0.1, 0.15) is 6.04 Å². The summed E-state index contributed by atoms with van der Waals surface area (Å²) in [5.74, 6) is 0.132. The van der Waals surface area contributed by atoms with Crippen LogP contribution in [0.15, 0.2) is 0 Å². The normalized spacial score (nSPS) is 34.0. The zero-order chi connectivity index (χ0) is 14.7. The number of urea groups is 1. The number of carbonyl (C=O) groups excluding carboxylic acids is 1. The zero-order valence-electron chi connectivity index (χ0n) is 11.9. The Morgan fingerprint density at radius 1 is 1.30 bits per heavy atom. The Morgan fingerprint density at radius 3 is 2.70 bits per heavy atom. The predicted molar refractivity (Wildman–Crippen MR) is 73.3 cm³/mol. The van der Waals surface area contributed by atoms with Crippen LogP contribution in [0, 0.1) is 11.8 Å². The number of hydrogen-bond acceptors (Lipinski definition) is 3. The number of hydrogen-bond donors (Lipinski definition) is 3. The Kier molecular flexibility index (Phi) is 4.86. The minimum absolute atomic E-state index is 0.101. The van der Waals surface area contributed by atoms with Gasteiger partial charge in [0.15, 0.2) is 0 Å². The molecule has 1 saturated heterocycles. The molecule has 2 unspecified atom stereocenters. The van der Waals surface area contributed by atoms with Gasteiger partial charge in [0, 0.05) is 19.5 Å². The highest BCUT2D eigenvalue weighted by Gasteiger charge is 2.39. The molecule has 1 heterocycles. The van der Waals surface area contributed by atoms with Gasteiger partial charge in [0.05, 0.1) is 6.10 Å². The van der Waals surface area contributed by atoms with Gasteiger partial charge < -0.3 is 20.4 Å². The third kappa shape index (κ3) is 3.62. The summed E-state index contributed by atoms with van der Waals surface area (Å²) >= 11 is 0. The van der Waals surface area contributed by atoms with Crippen molar-refractivity contribution in [3.63, 3.8) is 0 Å². The highest BCUT2D eigenvalue weighted by atomic mass is 16.4. The highest BCUT2D eigenvalue weighted by Crippen LogP contribution is 2.28. The van der Waals surface area contributed by atoms with Crippen molar-refractivity contribution in [2.24, 2.45) is 11.8 Å². The van der Waals surface area contributed by atoms with Gasteiger partial charge in [-0.25, -0.2) is 9.59 Å². The fraction of sp³-hybridized carbons (Fsp3) is 0.857. The summed E-state index contributed by atoms with van der Waals surface area (Å²) in [6.07, 6.45) is 4.06. The minimum atomic E-state index is -1.05. The lowest BCUT2D eigenvalue weighted by atomic mass is 9.82. The van der Waals surface area contributed by atoms with E-state index in [0.29, 0.717) is 18.4 Å². The monoisotopic (exact) mass is 284 g/mol. The van der Waals surface area contributed by atoms with Crippen molar-refractivity contribution in [3.8, 4) is 0 Å². The van der Waals surface area contributed by atoms with Gasteiger partial charge in [-0.05, 0) is 24.7 Å². The van der Waals surface area contributed by atoms with E-state index in [4.69, 9.17) is 5.11 Å². The van der Waals surface area contributed by atoms with Crippen LogP contribution in [0.5, 0.6) is 0 Å². The lowest BCUT2D eigenvalue weighted by molar-refractivity contribution is -0.141. The van der Waals surface area contributed by atoms with E-state index in [1.54, 1.807) is 0 Å². The number of amides is 2. The quantitative estimate of drug-likeness (QED) is 0.722. The number of carboxylic acid groups (broad SMARTS) is 1. The van der Waals surface area contributed by atoms with Gasteiger partial charge in [-0.15, -0.1) is 0 Å². The zero-order valence-corrected chi connectivity index (χ0v) is 11.9. The number of aliphatic hydroxyl groups excluding tert-OH is 1. The Morgan fingerprint density at radius 2 is 2.05 bits per heavy atom. The van der Waals surface area contributed by atoms with Crippen molar-refractivity contribution in [2.45, 2.75) is 51.2 Å². The highest BCUT2D eigenvalue weighted by molar-refractivity contribution is 5.83. The largest absolute Gasteiger partial charge is 0.480 e. The molecule has 0 radical (unpaired) electrons. The number of carbonyl (C=O) groups is 2. The Balaban J connectivity index is 1.83. The second kappa shape index (κ2) is 6.43. The summed E-state index contributed by atoms with van der Waals surface area (Å²) in [4.78, 5) is 24.4. The summed E-state index contributed by atoms with van der Waals surface area (Å²) in [7, 11) is 0. The Labute approximate surface area is 119 Å². The molecule has 2 aliphatic rings. The maximum atomic E-state index is 12.1. The van der Waals surface area contributed by atoms with E-state index >= 15 is 0 Å². The van der Waals surface area contributed by atoms with Crippen LogP contribution in [0.25, 0.3) is 0 Å². The number of β-amino-alcohol motifs (C(OH)–C–C–N with tert-alkyl or cyclic N) is 1. The van der Waals surface area contributed by atoms with Crippen LogP contribution in [0.1, 0.15) is 39.0 Å². The molecule has 4 atom stereocenters. The van der Waals surface area contributed by atoms with Crippen molar-refractivity contribution in [1.82, 2.24) is 10.2 Å². The van der Waals surface area contributed by atoms with Gasteiger partial charge in [-0.3, -0.25) is 0 Å². The van der Waals surface area contributed by atoms with E-state index in [1.807, 2.05) is 0 Å². The first kappa shape index (κ1) is 15.1. The van der Waals surface area contributed by atoms with Crippen LogP contribution in [-0.4, -0.2) is 52.3 Å². The summed E-state index contributed by atoms with van der Waals surface area (Å²) in [6.45, 7) is 2.93. The summed E-state index contributed by atoms with van der Waals surface area (Å²) in [6, 6.07) is -1.28. The van der Waals surface area contributed by atoms with Gasteiger partial charge in [-0.1, -0.05) is 19.8 Å². The summed E-state index contributed by atoms with van der Waals surface area (Å²) < 4.78 is 0. The van der Waals surface area contributed by atoms with Crippen molar-refractivity contribution in [3.05, 3.63) is 0 Å². The molecule has 1 saturated carbocycles. The third-order valence-electron chi connectivity index (χ3n) is 4.41. The summed E-state index contributed by atoms with van der Waals surface area (Å²) in [5.41, 5.74) is 0. The van der Waals surface area contributed by atoms with E-state index in [-0.39, 0.29) is 19.0 Å². The van der Waals surface area contributed by atoms with E-state index in [9.17, 15) is 14.7 Å². The molecule has 0 aromatic carbocycles. The van der Waals surface area contributed by atoms with Crippen LogP contribution < -0.4 is 5.32 Å². The average Bonchev–Trinajstić information content (AvgIpc) is 2.78. The number of nitrogens with one attached hydrogen (secondary N) is 1. The molecule has 0 aromatic rings. The molecule has 1 aliphatic carbocycles. The molecular formula is C14H24N2O4. The van der Waals surface area contributed by atoms with Crippen LogP contribution in [0.3, 0.4) is 0 Å². The summed E-state index contributed by atoms with van der Waals surface area (Å²) in [5, 5.41) is 21.4. The van der Waals surface area contributed by atoms with Gasteiger partial charge >= 0.3 is 12.0 Å². The molecule has 114 valence electrons. The average molecular weight is 284 g/mol. The fourth-order valence-electron chi connectivity index (χ4n) is 3.35. The van der Waals surface area contributed by atoms with Gasteiger partial charge in [-0.2, -0.15) is 0 Å². The number of aliphatic carboxylic acids is 1. The first-order valence-corrected chi connectivity index (χ1v) is 7.42. The van der Waals surface area contributed by atoms with Crippen molar-refractivity contribution >= 4 is 12.0 Å². The second-order valence-electron chi connectivity index (χ2n) is 6.22. The van der Waals surface area contributed by atoms with E-state index < -0.39 is 18.1 Å². The van der Waals surface area contributed by atoms with E-state index in [1.165, 1.54) is 17.7 Å². The van der Waals surface area contributed by atoms with Gasteiger partial charge in [0.2, 0.25) is 0 Å². The molecule has 3 N–H and O–H groups in total. The molecule has 2 rings (SSSR count). The first-order valence-electron chi connectivity index (χ1n) is 7.42. The van der Waals surface area contributed by atoms with Crippen LogP contribution in [0.4, 0.5) is 4.79 Å². The van der Waals surface area contributed by atoms with Crippen molar-refractivity contribution < 1.29 is 19.8 Å². The molecule has 6 heteroatoms. The molecule has 2 amide bonds. The lowest BCUT2D eigenvalue weighted by Gasteiger charge is -2.28. The second-order valence-corrected chi connectivity index (χ2v) is 6.22. The SMILES string of the molecule is CC1CCCC(CNC(=O)N2C[C@@H](O)C[C@H]2C(=O)O)C1. The number of aliphatic hydroxyl groups is 1. The van der Waals surface area contributed by atoms with Gasteiger partial charge in [0.25, 0.3) is 0 Å². The minimum Gasteiger partial charge on any atom is -0.480 e. The van der Waals surface area contributed by atoms with E-state index in [0.717, 1.165) is 12.8 Å². The Bertz CT molecular complexity index is 374. The molecule has 6 nitrogen and oxygen atoms in total. The molecule has 2 fully saturated rings. The van der Waals surface area contributed by atoms with Crippen molar-refractivity contribution in [1.29, 1.82) is 0 Å². The molecular weight excluding hydrogens is 260 g/mol.